The summed E-state index contributed by atoms with van der Waals surface area (Å²) in [7, 11) is 0. The van der Waals surface area contributed by atoms with Crippen molar-refractivity contribution in [3.63, 3.8) is 0 Å². The maximum Gasteiger partial charge on any atom is 0.250 e. The molecular weight excluding hydrogens is 316 g/mol. The van der Waals surface area contributed by atoms with Gasteiger partial charge >= 0.3 is 0 Å². The molecular formula is C17H23ClN2OS. The maximum absolute atomic E-state index is 11.7. The van der Waals surface area contributed by atoms with Gasteiger partial charge in [0.15, 0.2) is 5.11 Å². The predicted molar refractivity (Wildman–Crippen MR) is 98.0 cm³/mol. The van der Waals surface area contributed by atoms with Crippen LogP contribution in [0.25, 0.3) is 6.08 Å². The lowest BCUT2D eigenvalue weighted by Gasteiger charge is -2.07. The SMILES string of the molecule is CCCCCCCNC(=S)NC(=O)C=Cc1ccccc1Cl. The molecule has 0 aromatic heterocycles. The second-order valence-corrected chi connectivity index (χ2v) is 5.83. The van der Waals surface area contributed by atoms with Gasteiger partial charge in [-0.2, -0.15) is 0 Å². The number of halogens is 1. The highest BCUT2D eigenvalue weighted by atomic mass is 35.5. The molecule has 2 N–H and O–H groups in total. The van der Waals surface area contributed by atoms with E-state index < -0.39 is 0 Å². The highest BCUT2D eigenvalue weighted by Gasteiger charge is 2.01. The summed E-state index contributed by atoms with van der Waals surface area (Å²) in [6, 6.07) is 7.34. The number of hydrogen-bond acceptors (Lipinski definition) is 2. The first-order valence-electron chi connectivity index (χ1n) is 7.65. The molecule has 5 heteroatoms. The molecule has 1 aromatic rings. The standard InChI is InChI=1S/C17H23ClN2OS/c1-2-3-4-5-8-13-19-17(22)20-16(21)12-11-14-9-6-7-10-15(14)18/h6-7,9-12H,2-5,8,13H2,1H3,(H2,19,20,21,22). The lowest BCUT2D eigenvalue weighted by atomic mass is 10.1. The zero-order valence-electron chi connectivity index (χ0n) is 12.9. The smallest absolute Gasteiger partial charge is 0.250 e. The van der Waals surface area contributed by atoms with Crippen LogP contribution in [0.4, 0.5) is 0 Å². The van der Waals surface area contributed by atoms with E-state index in [1.807, 2.05) is 18.2 Å². The molecule has 120 valence electrons. The molecule has 1 rings (SSSR count). The van der Waals surface area contributed by atoms with Gasteiger partial charge in [0.05, 0.1) is 0 Å². The van der Waals surface area contributed by atoms with Crippen molar-refractivity contribution in [1.29, 1.82) is 0 Å². The van der Waals surface area contributed by atoms with Gasteiger partial charge in [-0.1, -0.05) is 62.4 Å². The topological polar surface area (TPSA) is 41.1 Å². The number of amides is 1. The zero-order valence-corrected chi connectivity index (χ0v) is 14.5. The Labute approximate surface area is 143 Å². The Morgan fingerprint density at radius 2 is 1.95 bits per heavy atom. The third-order valence-electron chi connectivity index (χ3n) is 3.12. The van der Waals surface area contributed by atoms with Crippen LogP contribution in [0.2, 0.25) is 5.02 Å². The van der Waals surface area contributed by atoms with Crippen molar-refractivity contribution in [3.8, 4) is 0 Å². The summed E-state index contributed by atoms with van der Waals surface area (Å²) in [6.07, 6.45) is 9.10. The fraction of sp³-hybridized carbons (Fsp3) is 0.412. The summed E-state index contributed by atoms with van der Waals surface area (Å²) in [5.74, 6) is -0.261. The van der Waals surface area contributed by atoms with Crippen LogP contribution in [0.1, 0.15) is 44.6 Å². The first kappa shape index (κ1) is 18.7. The van der Waals surface area contributed by atoms with E-state index >= 15 is 0 Å². The Morgan fingerprint density at radius 3 is 2.68 bits per heavy atom. The lowest BCUT2D eigenvalue weighted by Crippen LogP contribution is -2.38. The van der Waals surface area contributed by atoms with Crippen LogP contribution in [-0.4, -0.2) is 17.6 Å². The number of hydrogen-bond donors (Lipinski definition) is 2. The van der Waals surface area contributed by atoms with E-state index in [-0.39, 0.29) is 5.91 Å². The highest BCUT2D eigenvalue weighted by molar-refractivity contribution is 7.80. The van der Waals surface area contributed by atoms with E-state index in [9.17, 15) is 4.79 Å². The number of nitrogens with one attached hydrogen (secondary N) is 2. The van der Waals surface area contributed by atoms with Crippen LogP contribution in [0.15, 0.2) is 30.3 Å². The molecule has 22 heavy (non-hydrogen) atoms. The molecule has 0 atom stereocenters. The van der Waals surface area contributed by atoms with Crippen molar-refractivity contribution < 1.29 is 4.79 Å². The molecule has 0 fully saturated rings. The van der Waals surface area contributed by atoms with Crippen molar-refractivity contribution in [2.45, 2.75) is 39.0 Å². The Morgan fingerprint density at radius 1 is 1.23 bits per heavy atom. The second-order valence-electron chi connectivity index (χ2n) is 5.01. The second kappa shape index (κ2) is 11.2. The summed E-state index contributed by atoms with van der Waals surface area (Å²) in [4.78, 5) is 11.7. The van der Waals surface area contributed by atoms with Gasteiger partial charge in [0.25, 0.3) is 0 Å². The fourth-order valence-electron chi connectivity index (χ4n) is 1.90. The molecule has 0 aliphatic rings. The maximum atomic E-state index is 11.7. The van der Waals surface area contributed by atoms with Crippen molar-refractivity contribution in [1.82, 2.24) is 10.6 Å². The van der Waals surface area contributed by atoms with Crippen molar-refractivity contribution in [2.24, 2.45) is 0 Å². The van der Waals surface area contributed by atoms with E-state index in [1.54, 1.807) is 12.1 Å². The average molecular weight is 339 g/mol. The molecule has 0 bridgehead atoms. The minimum absolute atomic E-state index is 0.261. The molecule has 1 amide bonds. The van der Waals surface area contributed by atoms with E-state index in [4.69, 9.17) is 23.8 Å². The number of carbonyl (C=O) groups is 1. The van der Waals surface area contributed by atoms with E-state index in [0.29, 0.717) is 10.1 Å². The van der Waals surface area contributed by atoms with Gasteiger partial charge in [-0.3, -0.25) is 10.1 Å². The number of benzene rings is 1. The largest absolute Gasteiger partial charge is 0.362 e. The average Bonchev–Trinajstić information content (AvgIpc) is 2.50. The fourth-order valence-corrected chi connectivity index (χ4v) is 2.31. The minimum Gasteiger partial charge on any atom is -0.362 e. The Hall–Kier alpha value is -1.39. The Balaban J connectivity index is 2.24. The van der Waals surface area contributed by atoms with Gasteiger partial charge in [-0.25, -0.2) is 0 Å². The van der Waals surface area contributed by atoms with E-state index in [2.05, 4.69) is 17.6 Å². The predicted octanol–water partition coefficient (Wildman–Crippen LogP) is 4.31. The van der Waals surface area contributed by atoms with Crippen molar-refractivity contribution >= 4 is 40.9 Å². The lowest BCUT2D eigenvalue weighted by molar-refractivity contribution is -0.115. The summed E-state index contributed by atoms with van der Waals surface area (Å²) in [6.45, 7) is 2.98. The molecule has 0 radical (unpaired) electrons. The van der Waals surface area contributed by atoms with Crippen molar-refractivity contribution in [2.75, 3.05) is 6.54 Å². The van der Waals surface area contributed by atoms with Crippen LogP contribution >= 0.6 is 23.8 Å². The van der Waals surface area contributed by atoms with Gasteiger partial charge in [0.1, 0.15) is 0 Å². The molecule has 0 spiro atoms. The molecule has 3 nitrogen and oxygen atoms in total. The first-order chi connectivity index (χ1) is 10.6. The highest BCUT2D eigenvalue weighted by Crippen LogP contribution is 2.15. The molecule has 0 aliphatic carbocycles. The Bertz CT molecular complexity index is 517. The molecule has 0 saturated carbocycles. The van der Waals surface area contributed by atoms with Crippen LogP contribution in [-0.2, 0) is 4.79 Å². The Kier molecular flexibility index (Phi) is 9.51. The van der Waals surface area contributed by atoms with Gasteiger partial charge in [-0.15, -0.1) is 0 Å². The van der Waals surface area contributed by atoms with Gasteiger partial charge in [0, 0.05) is 17.6 Å². The number of unbranched alkanes of at least 4 members (excludes halogenated alkanes) is 4. The number of thiocarbonyl (C=S) groups is 1. The molecule has 0 aliphatic heterocycles. The van der Waals surface area contributed by atoms with E-state index in [0.717, 1.165) is 18.5 Å². The third-order valence-corrected chi connectivity index (χ3v) is 3.71. The third kappa shape index (κ3) is 8.15. The quantitative estimate of drug-likeness (QED) is 0.421. The van der Waals surface area contributed by atoms with Crippen LogP contribution < -0.4 is 10.6 Å². The van der Waals surface area contributed by atoms with Crippen LogP contribution in [0.5, 0.6) is 0 Å². The first-order valence-corrected chi connectivity index (χ1v) is 8.43. The van der Waals surface area contributed by atoms with Gasteiger partial charge in [0.2, 0.25) is 5.91 Å². The van der Waals surface area contributed by atoms with Gasteiger partial charge in [-0.05, 0) is 36.3 Å². The number of rotatable bonds is 8. The summed E-state index contributed by atoms with van der Waals surface area (Å²) < 4.78 is 0. The minimum atomic E-state index is -0.261. The van der Waals surface area contributed by atoms with Crippen molar-refractivity contribution in [3.05, 3.63) is 40.9 Å². The number of carbonyl (C=O) groups excluding carboxylic acids is 1. The summed E-state index contributed by atoms with van der Waals surface area (Å²) in [5, 5.41) is 6.64. The van der Waals surface area contributed by atoms with E-state index in [1.165, 1.54) is 31.8 Å². The molecule has 0 heterocycles. The van der Waals surface area contributed by atoms with Crippen LogP contribution in [0.3, 0.4) is 0 Å². The van der Waals surface area contributed by atoms with Crippen LogP contribution in [0, 0.1) is 0 Å². The molecule has 0 unspecified atom stereocenters. The molecule has 1 aromatic carbocycles. The summed E-state index contributed by atoms with van der Waals surface area (Å²) in [5.41, 5.74) is 0.800. The summed E-state index contributed by atoms with van der Waals surface area (Å²) >= 11 is 11.1. The monoisotopic (exact) mass is 338 g/mol. The normalized spacial score (nSPS) is 10.6. The van der Waals surface area contributed by atoms with Gasteiger partial charge < -0.3 is 5.32 Å². The zero-order chi connectivity index (χ0) is 16.2. The molecule has 0 saturated heterocycles.